The zero-order chi connectivity index (χ0) is 49.7. The minimum Gasteiger partial charge on any atom is -0.455 e. The van der Waals surface area contributed by atoms with Crippen LogP contribution in [0.15, 0.2) is 296 Å². The minimum absolute atomic E-state index is 0.909. The molecule has 0 aliphatic carbocycles. The highest BCUT2D eigenvalue weighted by Crippen LogP contribution is 2.41. The Morgan fingerprint density at radius 3 is 1.09 bits per heavy atom. The largest absolute Gasteiger partial charge is 0.455 e. The summed E-state index contributed by atoms with van der Waals surface area (Å²) in [4.78, 5) is 2.35. The fourth-order valence-corrected chi connectivity index (χ4v) is 11.1. The van der Waals surface area contributed by atoms with Gasteiger partial charge in [0.1, 0.15) is 11.2 Å². The van der Waals surface area contributed by atoms with Crippen LogP contribution in [0.1, 0.15) is 0 Å². The average molecular weight is 957 g/mol. The van der Waals surface area contributed by atoms with Gasteiger partial charge in [0.25, 0.3) is 0 Å². The maximum absolute atomic E-state index is 6.39. The van der Waals surface area contributed by atoms with Crippen LogP contribution in [0.3, 0.4) is 0 Å². The zero-order valence-electron chi connectivity index (χ0n) is 41.0. The molecule has 0 amide bonds. The van der Waals surface area contributed by atoms with Crippen molar-refractivity contribution in [3.05, 3.63) is 291 Å². The van der Waals surface area contributed by atoms with Crippen molar-refractivity contribution < 1.29 is 4.42 Å². The minimum atomic E-state index is 0.909. The van der Waals surface area contributed by atoms with Gasteiger partial charge in [0.2, 0.25) is 0 Å². The Morgan fingerprint density at radius 1 is 0.240 bits per heavy atom. The van der Waals surface area contributed by atoms with E-state index >= 15 is 0 Å². The molecule has 0 fully saturated rings. The Balaban J connectivity index is 0.772. The number of aromatic nitrogens is 1. The van der Waals surface area contributed by atoms with Gasteiger partial charge in [-0.1, -0.05) is 231 Å². The standard InChI is InChI=1S/C72H48N2O/c1-2-13-49(14-3-1)50-25-27-51(28-26-50)54-37-43-59(44-38-54)73(61-47-41-56(42-48-61)53-31-35-58(36-32-53)63-19-12-20-67-66-18-7-11-24-71(66)75-72(63)67)60-45-39-55(40-46-60)52-29-33-57(34-30-52)62-15-4-8-21-68(62)74-69-22-9-5-16-64(69)65-17-6-10-23-70(65)74/h1-48H. The molecule has 14 rings (SSSR count). The van der Waals surface area contributed by atoms with E-state index in [9.17, 15) is 0 Å². The molecule has 0 aliphatic rings. The Hall–Kier alpha value is -9.96. The number of rotatable bonds is 10. The smallest absolute Gasteiger partial charge is 0.143 e. The van der Waals surface area contributed by atoms with E-state index in [0.29, 0.717) is 0 Å². The lowest BCUT2D eigenvalue weighted by Crippen LogP contribution is -2.09. The number of hydrogen-bond acceptors (Lipinski definition) is 2. The van der Waals surface area contributed by atoms with Gasteiger partial charge >= 0.3 is 0 Å². The summed E-state index contributed by atoms with van der Waals surface area (Å²) in [5, 5.41) is 4.80. The van der Waals surface area contributed by atoms with Crippen LogP contribution in [0.4, 0.5) is 17.1 Å². The van der Waals surface area contributed by atoms with E-state index in [4.69, 9.17) is 4.42 Å². The van der Waals surface area contributed by atoms with Crippen molar-refractivity contribution in [2.75, 3.05) is 4.90 Å². The van der Waals surface area contributed by atoms with Gasteiger partial charge in [-0.25, -0.2) is 0 Å². The first-order valence-electron chi connectivity index (χ1n) is 25.6. The summed E-state index contributed by atoms with van der Waals surface area (Å²) in [6.07, 6.45) is 0. The van der Waals surface area contributed by atoms with Gasteiger partial charge in [-0.05, 0) is 116 Å². The summed E-state index contributed by atoms with van der Waals surface area (Å²) >= 11 is 0. The molecule has 3 heteroatoms. The lowest BCUT2D eigenvalue weighted by Gasteiger charge is -2.26. The molecule has 0 bridgehead atoms. The molecule has 0 aliphatic heterocycles. The lowest BCUT2D eigenvalue weighted by molar-refractivity contribution is 0.670. The molecule has 0 saturated heterocycles. The number of para-hydroxylation sites is 5. The van der Waals surface area contributed by atoms with Crippen molar-refractivity contribution in [2.45, 2.75) is 0 Å². The zero-order valence-corrected chi connectivity index (χ0v) is 41.0. The van der Waals surface area contributed by atoms with Crippen LogP contribution in [0.25, 0.3) is 116 Å². The molecule has 0 atom stereocenters. The number of nitrogens with zero attached hydrogens (tertiary/aromatic N) is 2. The molecule has 352 valence electrons. The van der Waals surface area contributed by atoms with E-state index in [1.165, 1.54) is 66.4 Å². The van der Waals surface area contributed by atoms with Crippen molar-refractivity contribution in [3.8, 4) is 72.4 Å². The predicted octanol–water partition coefficient (Wildman–Crippen LogP) is 20.2. The molecule has 14 aromatic rings. The summed E-state index contributed by atoms with van der Waals surface area (Å²) < 4.78 is 8.80. The van der Waals surface area contributed by atoms with E-state index in [0.717, 1.165) is 66.8 Å². The highest BCUT2D eigenvalue weighted by Gasteiger charge is 2.18. The van der Waals surface area contributed by atoms with Crippen molar-refractivity contribution in [1.82, 2.24) is 4.57 Å². The van der Waals surface area contributed by atoms with E-state index in [1.807, 2.05) is 12.1 Å². The molecule has 0 spiro atoms. The molecule has 3 nitrogen and oxygen atoms in total. The highest BCUT2D eigenvalue weighted by molar-refractivity contribution is 6.11. The number of hydrogen-bond donors (Lipinski definition) is 0. The van der Waals surface area contributed by atoms with E-state index in [-0.39, 0.29) is 0 Å². The molecule has 0 radical (unpaired) electrons. The van der Waals surface area contributed by atoms with Crippen LogP contribution in [-0.4, -0.2) is 4.57 Å². The van der Waals surface area contributed by atoms with E-state index in [1.54, 1.807) is 0 Å². The maximum Gasteiger partial charge on any atom is 0.143 e. The third-order valence-electron chi connectivity index (χ3n) is 14.9. The molecule has 12 aromatic carbocycles. The first-order valence-corrected chi connectivity index (χ1v) is 25.6. The van der Waals surface area contributed by atoms with Crippen LogP contribution in [0.5, 0.6) is 0 Å². The van der Waals surface area contributed by atoms with Gasteiger partial charge in [0.15, 0.2) is 0 Å². The second kappa shape index (κ2) is 18.6. The van der Waals surface area contributed by atoms with Crippen LogP contribution in [0, 0.1) is 0 Å². The molecule has 0 unspecified atom stereocenters. The van der Waals surface area contributed by atoms with Gasteiger partial charge in [-0.2, -0.15) is 0 Å². The van der Waals surface area contributed by atoms with Crippen molar-refractivity contribution in [2.24, 2.45) is 0 Å². The predicted molar refractivity (Wildman–Crippen MR) is 315 cm³/mol. The normalized spacial score (nSPS) is 11.5. The second-order valence-electron chi connectivity index (χ2n) is 19.2. The number of fused-ring (bicyclic) bond motifs is 6. The van der Waals surface area contributed by atoms with Crippen LogP contribution in [-0.2, 0) is 0 Å². The molecule has 2 heterocycles. The second-order valence-corrected chi connectivity index (χ2v) is 19.2. The Morgan fingerprint density at radius 2 is 0.587 bits per heavy atom. The summed E-state index contributed by atoms with van der Waals surface area (Å²) in [6, 6.07) is 105. The summed E-state index contributed by atoms with van der Waals surface area (Å²) in [7, 11) is 0. The Bertz CT molecular complexity index is 4290. The van der Waals surface area contributed by atoms with Crippen molar-refractivity contribution in [3.63, 3.8) is 0 Å². The topological polar surface area (TPSA) is 21.3 Å². The summed E-state index contributed by atoms with van der Waals surface area (Å²) in [6.45, 7) is 0. The van der Waals surface area contributed by atoms with Gasteiger partial charge < -0.3 is 13.9 Å². The van der Waals surface area contributed by atoms with Gasteiger partial charge in [0, 0.05) is 49.7 Å². The number of benzene rings is 12. The van der Waals surface area contributed by atoms with Crippen molar-refractivity contribution >= 4 is 60.8 Å². The van der Waals surface area contributed by atoms with Crippen LogP contribution in [0.2, 0.25) is 0 Å². The number of furan rings is 1. The first kappa shape index (κ1) is 43.8. The number of anilines is 3. The van der Waals surface area contributed by atoms with E-state index in [2.05, 4.69) is 289 Å². The molecule has 2 aromatic heterocycles. The lowest BCUT2D eigenvalue weighted by atomic mass is 9.98. The molecule has 75 heavy (non-hydrogen) atoms. The van der Waals surface area contributed by atoms with Gasteiger partial charge in [-0.15, -0.1) is 0 Å². The van der Waals surface area contributed by atoms with Crippen LogP contribution >= 0.6 is 0 Å². The quantitative estimate of drug-likeness (QED) is 0.136. The summed E-state index contributed by atoms with van der Waals surface area (Å²) in [5.74, 6) is 0. The Labute approximate surface area is 436 Å². The maximum atomic E-state index is 6.39. The third-order valence-corrected chi connectivity index (χ3v) is 14.9. The average Bonchev–Trinajstić information content (AvgIpc) is 4.06. The third kappa shape index (κ3) is 7.95. The van der Waals surface area contributed by atoms with Crippen LogP contribution < -0.4 is 4.90 Å². The molecular weight excluding hydrogens is 909 g/mol. The molecule has 0 N–H and O–H groups in total. The summed E-state index contributed by atoms with van der Waals surface area (Å²) in [5.41, 5.74) is 22.6. The molecular formula is C72H48N2O. The Kier molecular flexibility index (Phi) is 10.8. The van der Waals surface area contributed by atoms with Gasteiger partial charge in [0.05, 0.1) is 16.7 Å². The van der Waals surface area contributed by atoms with E-state index < -0.39 is 0 Å². The monoisotopic (exact) mass is 956 g/mol. The van der Waals surface area contributed by atoms with Crippen molar-refractivity contribution in [1.29, 1.82) is 0 Å². The fourth-order valence-electron chi connectivity index (χ4n) is 11.1. The SMILES string of the molecule is c1ccc(-c2ccc(-c3ccc(N(c4ccc(-c5ccc(-c6ccccc6-n6c7ccccc7c7ccccc76)cc5)cc4)c4ccc(-c5ccc(-c6cccc7c6oc6ccccc67)cc5)cc4)cc3)cc2)cc1. The molecule has 0 saturated carbocycles. The fraction of sp³-hybridized carbons (Fsp3) is 0. The highest BCUT2D eigenvalue weighted by atomic mass is 16.3. The van der Waals surface area contributed by atoms with Gasteiger partial charge in [-0.3, -0.25) is 0 Å². The first-order chi connectivity index (χ1) is 37.2.